The first-order valence-corrected chi connectivity index (χ1v) is 6.73. The van der Waals surface area contributed by atoms with Crippen molar-refractivity contribution in [3.8, 4) is 0 Å². The third-order valence-corrected chi connectivity index (χ3v) is 3.08. The van der Waals surface area contributed by atoms with E-state index in [1.165, 1.54) is 11.8 Å². The number of carboxylic acids is 1. The molecule has 4 nitrogen and oxygen atoms in total. The van der Waals surface area contributed by atoms with E-state index in [-0.39, 0.29) is 5.56 Å². The highest BCUT2D eigenvalue weighted by atomic mass is 16.4. The molecule has 0 fully saturated rings. The number of hydrogen-bond donors (Lipinski definition) is 1. The van der Waals surface area contributed by atoms with E-state index < -0.39 is 5.97 Å². The molecule has 1 N–H and O–H groups in total. The molecule has 1 heterocycles. The standard InChI is InChI=1S/C16H18N2O2/c1-3-5-14-13(16(19)20)10-17-15(18-14)9-12-7-4-6-11(2)8-12/h4,6-8,10H,3,5,9H2,1-2H3,(H,19,20). The zero-order valence-electron chi connectivity index (χ0n) is 11.8. The Morgan fingerprint density at radius 3 is 2.80 bits per heavy atom. The van der Waals surface area contributed by atoms with Gasteiger partial charge in [-0.25, -0.2) is 14.8 Å². The van der Waals surface area contributed by atoms with Gasteiger partial charge in [-0.1, -0.05) is 43.2 Å². The molecule has 0 unspecified atom stereocenters. The number of nitrogens with zero attached hydrogens (tertiary/aromatic N) is 2. The molecule has 0 spiro atoms. The zero-order valence-corrected chi connectivity index (χ0v) is 11.8. The van der Waals surface area contributed by atoms with Crippen molar-refractivity contribution in [3.63, 3.8) is 0 Å². The Hall–Kier alpha value is -2.23. The number of aryl methyl sites for hydroxylation is 2. The summed E-state index contributed by atoms with van der Waals surface area (Å²) in [4.78, 5) is 19.7. The van der Waals surface area contributed by atoms with Crippen molar-refractivity contribution in [2.75, 3.05) is 0 Å². The highest BCUT2D eigenvalue weighted by molar-refractivity contribution is 5.88. The first kappa shape index (κ1) is 14.2. The van der Waals surface area contributed by atoms with Gasteiger partial charge in [0.05, 0.1) is 11.3 Å². The van der Waals surface area contributed by atoms with Crippen molar-refractivity contribution in [3.05, 3.63) is 58.7 Å². The van der Waals surface area contributed by atoms with E-state index in [0.29, 0.717) is 24.4 Å². The molecule has 4 heteroatoms. The molecule has 2 rings (SSSR count). The summed E-state index contributed by atoms with van der Waals surface area (Å²) in [5.74, 6) is -0.292. The number of rotatable bonds is 5. The monoisotopic (exact) mass is 270 g/mol. The lowest BCUT2D eigenvalue weighted by atomic mass is 10.1. The maximum atomic E-state index is 11.1. The Morgan fingerprint density at radius 1 is 1.35 bits per heavy atom. The normalized spacial score (nSPS) is 10.5. The second kappa shape index (κ2) is 6.28. The molecule has 2 aromatic rings. The Bertz CT molecular complexity index is 624. The fourth-order valence-electron chi connectivity index (χ4n) is 2.15. The Balaban J connectivity index is 2.29. The zero-order chi connectivity index (χ0) is 14.5. The van der Waals surface area contributed by atoms with Gasteiger partial charge in [-0.2, -0.15) is 0 Å². The van der Waals surface area contributed by atoms with Crippen LogP contribution in [-0.4, -0.2) is 21.0 Å². The van der Waals surface area contributed by atoms with E-state index in [0.717, 1.165) is 12.0 Å². The minimum absolute atomic E-state index is 0.208. The quantitative estimate of drug-likeness (QED) is 0.907. The van der Waals surface area contributed by atoms with E-state index in [1.54, 1.807) is 0 Å². The first-order chi connectivity index (χ1) is 9.60. The fraction of sp³-hybridized carbons (Fsp3) is 0.312. The van der Waals surface area contributed by atoms with Crippen LogP contribution in [0.5, 0.6) is 0 Å². The average Bonchev–Trinajstić information content (AvgIpc) is 2.39. The number of aromatic nitrogens is 2. The van der Waals surface area contributed by atoms with Crippen molar-refractivity contribution in [2.24, 2.45) is 0 Å². The number of carboxylic acid groups (broad SMARTS) is 1. The van der Waals surface area contributed by atoms with E-state index in [4.69, 9.17) is 5.11 Å². The maximum Gasteiger partial charge on any atom is 0.339 e. The molecule has 20 heavy (non-hydrogen) atoms. The van der Waals surface area contributed by atoms with Crippen LogP contribution in [0.3, 0.4) is 0 Å². The molecular weight excluding hydrogens is 252 g/mol. The van der Waals surface area contributed by atoms with Gasteiger partial charge in [0.15, 0.2) is 0 Å². The Labute approximate surface area is 118 Å². The van der Waals surface area contributed by atoms with Gasteiger partial charge in [-0.05, 0) is 18.9 Å². The molecule has 104 valence electrons. The van der Waals surface area contributed by atoms with Crippen LogP contribution < -0.4 is 0 Å². The van der Waals surface area contributed by atoms with Crippen LogP contribution in [0.4, 0.5) is 0 Å². The molecule has 0 saturated heterocycles. The third kappa shape index (κ3) is 3.41. The fourth-order valence-corrected chi connectivity index (χ4v) is 2.15. The lowest BCUT2D eigenvalue weighted by Crippen LogP contribution is -2.09. The smallest absolute Gasteiger partial charge is 0.339 e. The Morgan fingerprint density at radius 2 is 2.15 bits per heavy atom. The van der Waals surface area contributed by atoms with Crippen LogP contribution in [0.1, 0.15) is 46.3 Å². The number of hydrogen-bond acceptors (Lipinski definition) is 3. The van der Waals surface area contributed by atoms with Crippen LogP contribution in [0.2, 0.25) is 0 Å². The highest BCUT2D eigenvalue weighted by Crippen LogP contribution is 2.12. The van der Waals surface area contributed by atoms with Crippen LogP contribution in [0.25, 0.3) is 0 Å². The number of aromatic carboxylic acids is 1. The topological polar surface area (TPSA) is 63.1 Å². The van der Waals surface area contributed by atoms with Gasteiger partial charge in [0, 0.05) is 12.6 Å². The van der Waals surface area contributed by atoms with E-state index >= 15 is 0 Å². The molecule has 0 radical (unpaired) electrons. The van der Waals surface area contributed by atoms with Crippen molar-refractivity contribution < 1.29 is 9.90 Å². The van der Waals surface area contributed by atoms with Crippen molar-refractivity contribution in [2.45, 2.75) is 33.1 Å². The molecule has 1 aromatic carbocycles. The molecule has 0 aliphatic carbocycles. The lowest BCUT2D eigenvalue weighted by Gasteiger charge is -2.07. The van der Waals surface area contributed by atoms with Crippen LogP contribution in [0.15, 0.2) is 30.5 Å². The molecule has 0 saturated carbocycles. The molecular formula is C16H18N2O2. The van der Waals surface area contributed by atoms with Crippen LogP contribution in [-0.2, 0) is 12.8 Å². The van der Waals surface area contributed by atoms with Crippen molar-refractivity contribution in [1.82, 2.24) is 9.97 Å². The SMILES string of the molecule is CCCc1nc(Cc2cccc(C)c2)ncc1C(=O)O. The van der Waals surface area contributed by atoms with Crippen LogP contribution in [0, 0.1) is 6.92 Å². The molecule has 0 bridgehead atoms. The van der Waals surface area contributed by atoms with E-state index in [2.05, 4.69) is 16.0 Å². The van der Waals surface area contributed by atoms with Gasteiger partial charge in [-0.15, -0.1) is 0 Å². The molecule has 0 aliphatic heterocycles. The summed E-state index contributed by atoms with van der Waals surface area (Å²) in [7, 11) is 0. The lowest BCUT2D eigenvalue weighted by molar-refractivity contribution is 0.0694. The summed E-state index contributed by atoms with van der Waals surface area (Å²) in [6.45, 7) is 4.05. The molecule has 0 atom stereocenters. The Kier molecular flexibility index (Phi) is 4.45. The summed E-state index contributed by atoms with van der Waals surface area (Å²) in [6, 6.07) is 8.17. The van der Waals surface area contributed by atoms with Gasteiger partial charge < -0.3 is 5.11 Å². The van der Waals surface area contributed by atoms with Crippen molar-refractivity contribution in [1.29, 1.82) is 0 Å². The van der Waals surface area contributed by atoms with Crippen molar-refractivity contribution >= 4 is 5.97 Å². The van der Waals surface area contributed by atoms with Gasteiger partial charge in [0.25, 0.3) is 0 Å². The summed E-state index contributed by atoms with van der Waals surface area (Å²) in [5, 5.41) is 9.13. The second-order valence-corrected chi connectivity index (χ2v) is 4.87. The highest BCUT2D eigenvalue weighted by Gasteiger charge is 2.13. The van der Waals surface area contributed by atoms with Gasteiger partial charge >= 0.3 is 5.97 Å². The predicted molar refractivity (Wildman–Crippen MR) is 77.0 cm³/mol. The number of benzene rings is 1. The third-order valence-electron chi connectivity index (χ3n) is 3.08. The van der Waals surface area contributed by atoms with Gasteiger partial charge in [0.1, 0.15) is 5.82 Å². The average molecular weight is 270 g/mol. The van der Waals surface area contributed by atoms with Gasteiger partial charge in [0.2, 0.25) is 0 Å². The number of carbonyl (C=O) groups is 1. The maximum absolute atomic E-state index is 11.1. The molecule has 0 aliphatic rings. The van der Waals surface area contributed by atoms with E-state index in [9.17, 15) is 4.79 Å². The largest absolute Gasteiger partial charge is 0.478 e. The summed E-state index contributed by atoms with van der Waals surface area (Å²) < 4.78 is 0. The van der Waals surface area contributed by atoms with Crippen LogP contribution >= 0.6 is 0 Å². The first-order valence-electron chi connectivity index (χ1n) is 6.73. The van der Waals surface area contributed by atoms with Gasteiger partial charge in [-0.3, -0.25) is 0 Å². The summed E-state index contributed by atoms with van der Waals surface area (Å²) in [6.07, 6.45) is 3.57. The minimum Gasteiger partial charge on any atom is -0.478 e. The second-order valence-electron chi connectivity index (χ2n) is 4.87. The summed E-state index contributed by atoms with van der Waals surface area (Å²) >= 11 is 0. The van der Waals surface area contributed by atoms with E-state index in [1.807, 2.05) is 32.0 Å². The molecule has 0 amide bonds. The summed E-state index contributed by atoms with van der Waals surface area (Å²) in [5.41, 5.74) is 3.16. The molecule has 1 aromatic heterocycles. The minimum atomic E-state index is -0.962. The predicted octanol–water partition coefficient (Wildman–Crippen LogP) is 3.03.